The fourth-order valence-corrected chi connectivity index (χ4v) is 2.82. The van der Waals surface area contributed by atoms with E-state index in [0.717, 1.165) is 6.08 Å². The van der Waals surface area contributed by atoms with Crippen molar-refractivity contribution in [2.75, 3.05) is 13.4 Å². The van der Waals surface area contributed by atoms with Gasteiger partial charge in [0.1, 0.15) is 18.5 Å². The summed E-state index contributed by atoms with van der Waals surface area (Å²) in [5.41, 5.74) is -0.937. The molecule has 0 saturated carbocycles. The first-order valence-electron chi connectivity index (χ1n) is 8.10. The van der Waals surface area contributed by atoms with Gasteiger partial charge in [-0.25, -0.2) is 9.59 Å². The summed E-state index contributed by atoms with van der Waals surface area (Å²) in [6, 6.07) is 2.40. The number of hydrogen-bond acceptors (Lipinski definition) is 9. The van der Waals surface area contributed by atoms with Gasteiger partial charge in [-0.2, -0.15) is 13.2 Å². The number of nitrogens with zero attached hydrogens (tertiary/aromatic N) is 1. The third-order valence-electron chi connectivity index (χ3n) is 3.47. The van der Waals surface area contributed by atoms with Crippen LogP contribution in [0.25, 0.3) is 6.08 Å². The SMILES string of the molecule is C[C@@H](COC(=O)OCOC(=O)C1=Cc2cc(Cl)cc(Cl)c2O[C@@H]1C(F)(F)F)O[N+](=O)[O-]. The predicted octanol–water partition coefficient (Wildman–Crippen LogP) is 3.95. The number of carbonyl (C=O) groups excluding carboxylic acids is 2. The zero-order valence-corrected chi connectivity index (χ0v) is 16.8. The highest BCUT2D eigenvalue weighted by molar-refractivity contribution is 6.36. The Morgan fingerprint density at radius 3 is 2.55 bits per heavy atom. The number of rotatable bonds is 7. The quantitative estimate of drug-likeness (QED) is 0.242. The summed E-state index contributed by atoms with van der Waals surface area (Å²) in [6.45, 7) is -0.451. The Kier molecular flexibility index (Phi) is 7.79. The van der Waals surface area contributed by atoms with Crippen LogP contribution in [0.2, 0.25) is 10.0 Å². The molecule has 170 valence electrons. The number of fused-ring (bicyclic) bond motifs is 1. The predicted molar refractivity (Wildman–Crippen MR) is 95.8 cm³/mol. The lowest BCUT2D eigenvalue weighted by Crippen LogP contribution is -2.41. The van der Waals surface area contributed by atoms with Crippen LogP contribution in [0.4, 0.5) is 18.0 Å². The van der Waals surface area contributed by atoms with Crippen molar-refractivity contribution in [2.24, 2.45) is 0 Å². The number of esters is 1. The molecule has 0 bridgehead atoms. The summed E-state index contributed by atoms with van der Waals surface area (Å²) in [5.74, 6) is -1.82. The van der Waals surface area contributed by atoms with Gasteiger partial charge in [0.2, 0.25) is 12.9 Å². The number of ether oxygens (including phenoxy) is 4. The van der Waals surface area contributed by atoms with E-state index in [-0.39, 0.29) is 21.4 Å². The number of carbonyl (C=O) groups is 2. The molecule has 0 spiro atoms. The molecule has 1 heterocycles. The van der Waals surface area contributed by atoms with Crippen molar-refractivity contribution < 1.29 is 51.6 Å². The summed E-state index contributed by atoms with van der Waals surface area (Å²) in [6.07, 6.45) is -9.37. The first-order valence-corrected chi connectivity index (χ1v) is 8.86. The Morgan fingerprint density at radius 1 is 1.26 bits per heavy atom. The topological polar surface area (TPSA) is 123 Å². The molecule has 1 aliphatic heterocycles. The van der Waals surface area contributed by atoms with Crippen molar-refractivity contribution in [2.45, 2.75) is 25.3 Å². The molecule has 0 radical (unpaired) electrons. The molecule has 0 unspecified atom stereocenters. The second-order valence-electron chi connectivity index (χ2n) is 5.84. The molecule has 0 aliphatic carbocycles. The molecule has 1 aliphatic rings. The Balaban J connectivity index is 2.02. The highest BCUT2D eigenvalue weighted by atomic mass is 35.5. The number of benzene rings is 1. The Bertz CT molecular complexity index is 907. The van der Waals surface area contributed by atoms with E-state index in [1.54, 1.807) is 0 Å². The summed E-state index contributed by atoms with van der Waals surface area (Å²) in [5, 5.41) is 8.90. The van der Waals surface area contributed by atoms with Crippen molar-refractivity contribution in [3.05, 3.63) is 43.4 Å². The Morgan fingerprint density at radius 2 is 1.94 bits per heavy atom. The lowest BCUT2D eigenvalue weighted by molar-refractivity contribution is -0.767. The van der Waals surface area contributed by atoms with Gasteiger partial charge in [-0.15, -0.1) is 10.1 Å². The molecule has 0 N–H and O–H groups in total. The van der Waals surface area contributed by atoms with Crippen LogP contribution in [0.3, 0.4) is 0 Å². The summed E-state index contributed by atoms with van der Waals surface area (Å²) >= 11 is 11.7. The molecule has 31 heavy (non-hydrogen) atoms. The molecule has 15 heteroatoms. The van der Waals surface area contributed by atoms with E-state index in [0.29, 0.717) is 0 Å². The highest BCUT2D eigenvalue weighted by Crippen LogP contribution is 2.42. The van der Waals surface area contributed by atoms with Crippen LogP contribution < -0.4 is 4.74 Å². The van der Waals surface area contributed by atoms with Gasteiger partial charge in [0.05, 0.1) is 10.6 Å². The minimum Gasteiger partial charge on any atom is -0.474 e. The highest BCUT2D eigenvalue weighted by Gasteiger charge is 2.49. The van der Waals surface area contributed by atoms with Gasteiger partial charge < -0.3 is 23.8 Å². The molecule has 0 fully saturated rings. The van der Waals surface area contributed by atoms with Gasteiger partial charge in [-0.3, -0.25) is 0 Å². The summed E-state index contributed by atoms with van der Waals surface area (Å²) in [7, 11) is 0. The van der Waals surface area contributed by atoms with Crippen LogP contribution in [0.1, 0.15) is 12.5 Å². The minimum atomic E-state index is -5.00. The van der Waals surface area contributed by atoms with Crippen molar-refractivity contribution in [3.63, 3.8) is 0 Å². The average Bonchev–Trinajstić information content (AvgIpc) is 2.63. The second-order valence-corrected chi connectivity index (χ2v) is 6.68. The summed E-state index contributed by atoms with van der Waals surface area (Å²) in [4.78, 5) is 37.7. The fraction of sp³-hybridized carbons (Fsp3) is 0.375. The molecule has 2 atom stereocenters. The maximum atomic E-state index is 13.4. The monoisotopic (exact) mass is 489 g/mol. The molecular formula is C16H12Cl2F3NO9. The van der Waals surface area contributed by atoms with Crippen LogP contribution in [0.5, 0.6) is 5.75 Å². The first kappa shape index (κ1) is 24.3. The van der Waals surface area contributed by atoms with Gasteiger partial charge in [0.25, 0.3) is 5.09 Å². The molecule has 0 amide bonds. The van der Waals surface area contributed by atoms with Crippen molar-refractivity contribution in [1.82, 2.24) is 0 Å². The van der Waals surface area contributed by atoms with Gasteiger partial charge in [-0.05, 0) is 25.1 Å². The zero-order valence-electron chi connectivity index (χ0n) is 15.3. The lowest BCUT2D eigenvalue weighted by atomic mass is 10.0. The average molecular weight is 490 g/mol. The van der Waals surface area contributed by atoms with Gasteiger partial charge in [0, 0.05) is 10.6 Å². The number of alkyl halides is 3. The third-order valence-corrected chi connectivity index (χ3v) is 3.97. The van der Waals surface area contributed by atoms with Gasteiger partial charge in [-0.1, -0.05) is 23.2 Å². The molecule has 10 nitrogen and oxygen atoms in total. The van der Waals surface area contributed by atoms with Gasteiger partial charge in [0.15, 0.2) is 0 Å². The minimum absolute atomic E-state index is 0.00468. The fourth-order valence-electron chi connectivity index (χ4n) is 2.26. The largest absolute Gasteiger partial charge is 0.511 e. The standard InChI is InChI=1S/C16H12Cl2F3NO9/c1-7(31-22(25)26)5-27-15(24)29-6-28-14(23)10-3-8-2-9(17)4-11(18)12(8)30-13(10)16(19,20)21/h2-4,7,13H,5-6H2,1H3/t7-,13-/m0/s1. The molecule has 0 aromatic heterocycles. The lowest BCUT2D eigenvalue weighted by Gasteiger charge is -2.28. The van der Waals surface area contributed by atoms with Gasteiger partial charge >= 0.3 is 18.3 Å². The Labute approximate surface area is 181 Å². The molecule has 1 aromatic carbocycles. The normalized spacial score (nSPS) is 16.2. The zero-order chi connectivity index (χ0) is 23.3. The molecule has 0 saturated heterocycles. The van der Waals surface area contributed by atoms with Crippen LogP contribution in [-0.4, -0.2) is 49.0 Å². The van der Waals surface area contributed by atoms with E-state index < -0.39 is 54.6 Å². The van der Waals surface area contributed by atoms with Crippen molar-refractivity contribution in [3.8, 4) is 5.75 Å². The van der Waals surface area contributed by atoms with E-state index in [1.807, 2.05) is 0 Å². The van der Waals surface area contributed by atoms with Crippen molar-refractivity contribution in [1.29, 1.82) is 0 Å². The smallest absolute Gasteiger partial charge is 0.474 e. The third kappa shape index (κ3) is 6.79. The number of hydrogen-bond donors (Lipinski definition) is 0. The Hall–Kier alpha value is -2.93. The van der Waals surface area contributed by atoms with Crippen LogP contribution >= 0.6 is 23.2 Å². The molecule has 2 rings (SSSR count). The maximum absolute atomic E-state index is 13.4. The van der Waals surface area contributed by atoms with Crippen LogP contribution in [0, 0.1) is 10.1 Å². The maximum Gasteiger partial charge on any atom is 0.511 e. The second kappa shape index (κ2) is 9.92. The summed E-state index contributed by atoms with van der Waals surface area (Å²) < 4.78 is 58.3. The van der Waals surface area contributed by atoms with E-state index in [9.17, 15) is 32.9 Å². The van der Waals surface area contributed by atoms with E-state index in [4.69, 9.17) is 27.9 Å². The van der Waals surface area contributed by atoms with Crippen LogP contribution in [-0.2, 0) is 23.8 Å². The number of halogens is 5. The molecule has 1 aromatic rings. The van der Waals surface area contributed by atoms with E-state index >= 15 is 0 Å². The van der Waals surface area contributed by atoms with Crippen molar-refractivity contribution >= 4 is 41.4 Å². The van der Waals surface area contributed by atoms with E-state index in [1.165, 1.54) is 19.1 Å². The van der Waals surface area contributed by atoms with Crippen LogP contribution in [0.15, 0.2) is 17.7 Å². The first-order chi connectivity index (χ1) is 14.4. The van der Waals surface area contributed by atoms with E-state index in [2.05, 4.69) is 19.0 Å². The molecular weight excluding hydrogens is 478 g/mol.